The number of hydrogen-bond acceptors (Lipinski definition) is 5. The number of thioether (sulfide) groups is 1. The Morgan fingerprint density at radius 1 is 1.24 bits per heavy atom. The number of amides is 1. The maximum absolute atomic E-state index is 13.3. The smallest absolute Gasteiger partial charge is 0.239 e. The lowest BCUT2D eigenvalue weighted by Crippen LogP contribution is -2.22. The molecule has 1 aromatic carbocycles. The topological polar surface area (TPSA) is 54.9 Å². The van der Waals surface area contributed by atoms with Crippen LogP contribution in [0, 0.1) is 11.6 Å². The van der Waals surface area contributed by atoms with E-state index in [1.54, 1.807) is 18.5 Å². The Hall–Kier alpha value is -2.32. The fraction of sp³-hybridized carbons (Fsp3) is 0.118. The van der Waals surface area contributed by atoms with Crippen LogP contribution < -0.4 is 5.32 Å². The van der Waals surface area contributed by atoms with Gasteiger partial charge in [0.1, 0.15) is 0 Å². The molecule has 0 saturated heterocycles. The van der Waals surface area contributed by atoms with Crippen LogP contribution in [0.3, 0.4) is 0 Å². The summed E-state index contributed by atoms with van der Waals surface area (Å²) in [6.07, 6.45) is 1.67. The molecule has 0 aliphatic heterocycles. The molecule has 128 valence electrons. The average Bonchev–Trinajstić information content (AvgIpc) is 3.06. The number of aromatic nitrogens is 2. The van der Waals surface area contributed by atoms with Gasteiger partial charge in [-0.3, -0.25) is 4.79 Å². The highest BCUT2D eigenvalue weighted by Crippen LogP contribution is 2.27. The lowest BCUT2D eigenvalue weighted by Gasteiger charge is -2.09. The van der Waals surface area contributed by atoms with Gasteiger partial charge in [0.15, 0.2) is 16.8 Å². The monoisotopic (exact) mass is 377 g/mol. The molecule has 4 nitrogen and oxygen atoms in total. The van der Waals surface area contributed by atoms with E-state index in [0.717, 1.165) is 17.2 Å². The van der Waals surface area contributed by atoms with E-state index in [0.29, 0.717) is 16.4 Å². The van der Waals surface area contributed by atoms with E-state index in [1.165, 1.54) is 29.2 Å². The number of pyridine rings is 1. The third-order valence-corrected chi connectivity index (χ3v) is 5.06. The van der Waals surface area contributed by atoms with Gasteiger partial charge in [-0.25, -0.2) is 18.7 Å². The number of halogens is 2. The average molecular weight is 377 g/mol. The van der Waals surface area contributed by atoms with Gasteiger partial charge in [0, 0.05) is 17.1 Å². The molecule has 0 aliphatic carbocycles. The Kier molecular flexibility index (Phi) is 5.40. The second-order valence-corrected chi connectivity index (χ2v) is 7.30. The van der Waals surface area contributed by atoms with Crippen molar-refractivity contribution >= 4 is 34.1 Å². The summed E-state index contributed by atoms with van der Waals surface area (Å²) in [6, 6.07) is 9.07. The summed E-state index contributed by atoms with van der Waals surface area (Å²) in [7, 11) is 0. The van der Waals surface area contributed by atoms with Gasteiger partial charge in [-0.15, -0.1) is 11.3 Å². The van der Waals surface area contributed by atoms with Crippen LogP contribution in [0.5, 0.6) is 0 Å². The van der Waals surface area contributed by atoms with Gasteiger partial charge < -0.3 is 5.32 Å². The van der Waals surface area contributed by atoms with Crippen LogP contribution in [-0.4, -0.2) is 21.1 Å². The van der Waals surface area contributed by atoms with Gasteiger partial charge in [-0.2, -0.15) is 0 Å². The van der Waals surface area contributed by atoms with Crippen molar-refractivity contribution in [2.45, 2.75) is 17.2 Å². The molecule has 2 heterocycles. The molecule has 8 heteroatoms. The van der Waals surface area contributed by atoms with Gasteiger partial charge in [0.05, 0.1) is 16.0 Å². The van der Waals surface area contributed by atoms with E-state index in [-0.39, 0.29) is 11.2 Å². The van der Waals surface area contributed by atoms with Crippen molar-refractivity contribution in [3.05, 3.63) is 59.6 Å². The van der Waals surface area contributed by atoms with Gasteiger partial charge in [0.25, 0.3) is 0 Å². The molecule has 1 amide bonds. The number of nitrogens with one attached hydrogen (secondary N) is 1. The number of thiazole rings is 1. The summed E-state index contributed by atoms with van der Waals surface area (Å²) in [5.41, 5.74) is 0.927. The molecule has 3 aromatic rings. The Bertz CT molecular complexity index is 887. The van der Waals surface area contributed by atoms with Crippen molar-refractivity contribution in [1.29, 1.82) is 0 Å². The first kappa shape index (κ1) is 17.5. The van der Waals surface area contributed by atoms with E-state index in [4.69, 9.17) is 0 Å². The Balaban J connectivity index is 1.66. The minimum atomic E-state index is -0.934. The molecular weight excluding hydrogens is 364 g/mol. The number of hydrogen-bond donors (Lipinski definition) is 1. The van der Waals surface area contributed by atoms with Crippen molar-refractivity contribution in [3.8, 4) is 11.3 Å². The van der Waals surface area contributed by atoms with Crippen LogP contribution in [0.25, 0.3) is 11.3 Å². The molecule has 25 heavy (non-hydrogen) atoms. The zero-order valence-electron chi connectivity index (χ0n) is 13.1. The fourth-order valence-corrected chi connectivity index (χ4v) is 3.51. The fourth-order valence-electron chi connectivity index (χ4n) is 1.98. The first-order valence-corrected chi connectivity index (χ1v) is 9.08. The van der Waals surface area contributed by atoms with Crippen molar-refractivity contribution in [3.63, 3.8) is 0 Å². The van der Waals surface area contributed by atoms with E-state index in [9.17, 15) is 13.6 Å². The number of carbonyl (C=O) groups is 1. The van der Waals surface area contributed by atoms with Crippen LogP contribution in [0.15, 0.2) is 53.0 Å². The zero-order valence-corrected chi connectivity index (χ0v) is 14.7. The molecule has 1 atom stereocenters. The quantitative estimate of drug-likeness (QED) is 0.660. The van der Waals surface area contributed by atoms with Crippen LogP contribution in [0.4, 0.5) is 13.9 Å². The molecular formula is C17H13F2N3OS2. The summed E-state index contributed by atoms with van der Waals surface area (Å²) in [4.78, 5) is 20.7. The molecule has 3 rings (SSSR count). The Labute approximate surface area is 151 Å². The maximum Gasteiger partial charge on any atom is 0.239 e. The summed E-state index contributed by atoms with van der Waals surface area (Å²) >= 11 is 2.56. The SMILES string of the molecule is CC(Sc1ccccn1)C(=O)Nc1nc(-c2ccc(F)c(F)c2)cs1. The standard InChI is InChI=1S/C17H13F2N3OS2/c1-10(25-15-4-2-3-7-20-15)16(23)22-17-21-14(9-24-17)11-5-6-12(18)13(19)8-11/h2-10H,1H3,(H,21,22,23). The molecule has 1 unspecified atom stereocenters. The van der Waals surface area contributed by atoms with Crippen LogP contribution in [0.1, 0.15) is 6.92 Å². The third kappa shape index (κ3) is 4.40. The molecule has 0 fully saturated rings. The zero-order chi connectivity index (χ0) is 17.8. The second kappa shape index (κ2) is 7.71. The highest BCUT2D eigenvalue weighted by molar-refractivity contribution is 8.00. The molecule has 0 bridgehead atoms. The highest BCUT2D eigenvalue weighted by Gasteiger charge is 2.17. The lowest BCUT2D eigenvalue weighted by atomic mass is 10.2. The van der Waals surface area contributed by atoms with Crippen molar-refractivity contribution in [1.82, 2.24) is 9.97 Å². The first-order valence-electron chi connectivity index (χ1n) is 7.32. The highest BCUT2D eigenvalue weighted by atomic mass is 32.2. The lowest BCUT2D eigenvalue weighted by molar-refractivity contribution is -0.115. The largest absolute Gasteiger partial charge is 0.301 e. The normalized spacial score (nSPS) is 12.0. The number of anilines is 1. The molecule has 2 aromatic heterocycles. The van der Waals surface area contributed by atoms with E-state index in [2.05, 4.69) is 15.3 Å². The molecule has 0 spiro atoms. The van der Waals surface area contributed by atoms with Crippen LogP contribution in [0.2, 0.25) is 0 Å². The van der Waals surface area contributed by atoms with Gasteiger partial charge in [-0.05, 0) is 37.3 Å². The van der Waals surface area contributed by atoms with E-state index < -0.39 is 11.6 Å². The second-order valence-electron chi connectivity index (χ2n) is 5.08. The third-order valence-electron chi connectivity index (χ3n) is 3.25. The summed E-state index contributed by atoms with van der Waals surface area (Å²) in [5, 5.41) is 5.21. The number of rotatable bonds is 5. The summed E-state index contributed by atoms with van der Waals surface area (Å²) in [5.74, 6) is -2.05. The Morgan fingerprint density at radius 3 is 2.80 bits per heavy atom. The predicted molar refractivity (Wildman–Crippen MR) is 95.7 cm³/mol. The van der Waals surface area contributed by atoms with Gasteiger partial charge in [0.2, 0.25) is 5.91 Å². The summed E-state index contributed by atoms with van der Waals surface area (Å²) < 4.78 is 26.3. The Morgan fingerprint density at radius 2 is 2.08 bits per heavy atom. The van der Waals surface area contributed by atoms with E-state index >= 15 is 0 Å². The van der Waals surface area contributed by atoms with Crippen molar-refractivity contribution in [2.24, 2.45) is 0 Å². The predicted octanol–water partition coefficient (Wildman–Crippen LogP) is 4.60. The molecule has 1 N–H and O–H groups in total. The number of carbonyl (C=O) groups excluding carboxylic acids is 1. The molecule has 0 aliphatic rings. The minimum absolute atomic E-state index is 0.207. The van der Waals surface area contributed by atoms with Gasteiger partial charge in [-0.1, -0.05) is 17.8 Å². The number of nitrogens with zero attached hydrogens (tertiary/aromatic N) is 2. The van der Waals surface area contributed by atoms with Crippen LogP contribution >= 0.6 is 23.1 Å². The molecule has 0 saturated carbocycles. The van der Waals surface area contributed by atoms with Crippen molar-refractivity contribution in [2.75, 3.05) is 5.32 Å². The summed E-state index contributed by atoms with van der Waals surface area (Å²) in [6.45, 7) is 1.78. The molecule has 0 radical (unpaired) electrons. The van der Waals surface area contributed by atoms with Crippen LogP contribution in [-0.2, 0) is 4.79 Å². The van der Waals surface area contributed by atoms with E-state index in [1.807, 2.05) is 18.2 Å². The van der Waals surface area contributed by atoms with Crippen molar-refractivity contribution < 1.29 is 13.6 Å². The van der Waals surface area contributed by atoms with Gasteiger partial charge >= 0.3 is 0 Å². The minimum Gasteiger partial charge on any atom is -0.301 e. The number of benzene rings is 1. The first-order chi connectivity index (χ1) is 12.0. The maximum atomic E-state index is 13.3.